The third-order valence-corrected chi connectivity index (χ3v) is 5.70. The summed E-state index contributed by atoms with van der Waals surface area (Å²) in [5, 5.41) is 21.2. The van der Waals surface area contributed by atoms with Crippen LogP contribution in [0.3, 0.4) is 0 Å². The van der Waals surface area contributed by atoms with Gasteiger partial charge in [0.2, 0.25) is 0 Å². The number of nitrogens with zero attached hydrogens (tertiary/aromatic N) is 1. The molecule has 2 aromatic rings. The molecule has 1 saturated heterocycles. The van der Waals surface area contributed by atoms with Crippen LogP contribution in [0.4, 0.5) is 0 Å². The first-order chi connectivity index (χ1) is 14.3. The van der Waals surface area contributed by atoms with Gasteiger partial charge < -0.3 is 19.7 Å². The minimum Gasteiger partial charge on any atom is -0.507 e. The SMILES string of the molecule is COc1ccc(CC(=O)c2ccc(O)c(CN3CC(C)CC(C)C3)c2O)cc1OC. The van der Waals surface area contributed by atoms with Crippen LogP contribution in [0.2, 0.25) is 0 Å². The zero-order chi connectivity index (χ0) is 21.8. The van der Waals surface area contributed by atoms with Crippen LogP contribution in [0.25, 0.3) is 0 Å². The number of phenolic OH excluding ortho intramolecular Hbond substituents is 2. The second kappa shape index (κ2) is 9.39. The van der Waals surface area contributed by atoms with Crippen molar-refractivity contribution < 1.29 is 24.5 Å². The zero-order valence-electron chi connectivity index (χ0n) is 18.1. The highest BCUT2D eigenvalue weighted by Gasteiger charge is 2.25. The normalized spacial score (nSPS) is 19.5. The fraction of sp³-hybridized carbons (Fsp3) is 0.458. The molecule has 1 heterocycles. The van der Waals surface area contributed by atoms with E-state index < -0.39 is 0 Å². The maximum atomic E-state index is 12.9. The predicted molar refractivity (Wildman–Crippen MR) is 116 cm³/mol. The maximum absolute atomic E-state index is 12.9. The third-order valence-electron chi connectivity index (χ3n) is 5.70. The molecule has 0 spiro atoms. The number of hydrogen-bond donors (Lipinski definition) is 2. The van der Waals surface area contributed by atoms with Gasteiger partial charge in [-0.1, -0.05) is 19.9 Å². The Morgan fingerprint density at radius 3 is 2.33 bits per heavy atom. The molecule has 0 amide bonds. The molecule has 3 rings (SSSR count). The molecule has 0 radical (unpaired) electrons. The van der Waals surface area contributed by atoms with Crippen molar-refractivity contribution in [2.24, 2.45) is 11.8 Å². The van der Waals surface area contributed by atoms with E-state index in [0.29, 0.717) is 35.4 Å². The number of aromatic hydroxyl groups is 2. The molecule has 2 N–H and O–H groups in total. The summed E-state index contributed by atoms with van der Waals surface area (Å²) in [5.41, 5.74) is 1.38. The average Bonchev–Trinajstić information content (AvgIpc) is 2.70. The van der Waals surface area contributed by atoms with Crippen LogP contribution in [-0.4, -0.2) is 48.2 Å². The lowest BCUT2D eigenvalue weighted by atomic mass is 9.91. The Labute approximate surface area is 178 Å². The quantitative estimate of drug-likeness (QED) is 0.668. The lowest BCUT2D eigenvalue weighted by Gasteiger charge is -2.35. The second-order valence-corrected chi connectivity index (χ2v) is 8.39. The van der Waals surface area contributed by atoms with Gasteiger partial charge in [-0.3, -0.25) is 9.69 Å². The minimum absolute atomic E-state index is 0.0149. The number of rotatable bonds is 7. The highest BCUT2D eigenvalue weighted by molar-refractivity contribution is 6.00. The van der Waals surface area contributed by atoms with Crippen molar-refractivity contribution in [2.45, 2.75) is 33.2 Å². The van der Waals surface area contributed by atoms with Gasteiger partial charge in [-0.2, -0.15) is 0 Å². The Hall–Kier alpha value is -2.73. The number of likely N-dealkylation sites (tertiary alicyclic amines) is 1. The van der Waals surface area contributed by atoms with Crippen molar-refractivity contribution in [3.8, 4) is 23.0 Å². The van der Waals surface area contributed by atoms with Crippen LogP contribution in [0.15, 0.2) is 30.3 Å². The van der Waals surface area contributed by atoms with E-state index in [0.717, 1.165) is 18.7 Å². The van der Waals surface area contributed by atoms with Gasteiger partial charge in [-0.25, -0.2) is 0 Å². The molecule has 1 aliphatic rings. The number of ketones is 1. The molecule has 1 fully saturated rings. The van der Waals surface area contributed by atoms with Gasteiger partial charge >= 0.3 is 0 Å². The van der Waals surface area contributed by atoms with Gasteiger partial charge in [-0.05, 0) is 48.1 Å². The molecule has 0 bridgehead atoms. The van der Waals surface area contributed by atoms with Crippen molar-refractivity contribution in [2.75, 3.05) is 27.3 Å². The van der Waals surface area contributed by atoms with Crippen molar-refractivity contribution in [1.82, 2.24) is 4.90 Å². The lowest BCUT2D eigenvalue weighted by Crippen LogP contribution is -2.38. The molecule has 162 valence electrons. The van der Waals surface area contributed by atoms with Crippen molar-refractivity contribution in [1.29, 1.82) is 0 Å². The van der Waals surface area contributed by atoms with Gasteiger partial charge in [0.25, 0.3) is 0 Å². The van der Waals surface area contributed by atoms with E-state index in [9.17, 15) is 15.0 Å². The highest BCUT2D eigenvalue weighted by Crippen LogP contribution is 2.35. The Kier molecular flexibility index (Phi) is 6.87. The maximum Gasteiger partial charge on any atom is 0.170 e. The number of Topliss-reactive ketones (excluding diaryl/α,β-unsaturated/α-hetero) is 1. The summed E-state index contributed by atoms with van der Waals surface area (Å²) < 4.78 is 10.5. The number of phenols is 2. The van der Waals surface area contributed by atoms with Crippen LogP contribution >= 0.6 is 0 Å². The number of piperidine rings is 1. The van der Waals surface area contributed by atoms with Crippen LogP contribution in [0.1, 0.15) is 41.8 Å². The predicted octanol–water partition coefficient (Wildman–Crippen LogP) is 4.02. The summed E-state index contributed by atoms with van der Waals surface area (Å²) in [7, 11) is 3.10. The number of ether oxygens (including phenoxy) is 2. The molecule has 0 aromatic heterocycles. The molecular formula is C24H31NO5. The smallest absolute Gasteiger partial charge is 0.170 e. The van der Waals surface area contributed by atoms with Crippen LogP contribution in [-0.2, 0) is 13.0 Å². The van der Waals surface area contributed by atoms with Crippen LogP contribution in [0.5, 0.6) is 23.0 Å². The third kappa shape index (κ3) is 4.87. The highest BCUT2D eigenvalue weighted by atomic mass is 16.5. The Morgan fingerprint density at radius 2 is 1.70 bits per heavy atom. The second-order valence-electron chi connectivity index (χ2n) is 8.39. The van der Waals surface area contributed by atoms with Crippen molar-refractivity contribution >= 4 is 5.78 Å². The van der Waals surface area contributed by atoms with Crippen molar-refractivity contribution in [3.63, 3.8) is 0 Å². The molecule has 0 saturated carbocycles. The molecule has 6 heteroatoms. The van der Waals surface area contributed by atoms with Crippen molar-refractivity contribution in [3.05, 3.63) is 47.0 Å². The molecule has 30 heavy (non-hydrogen) atoms. The van der Waals surface area contributed by atoms with Gasteiger partial charge in [0.05, 0.1) is 25.3 Å². The van der Waals surface area contributed by atoms with E-state index in [1.54, 1.807) is 32.4 Å². The number of carbonyl (C=O) groups is 1. The summed E-state index contributed by atoms with van der Waals surface area (Å²) in [6.45, 7) is 6.67. The zero-order valence-corrected chi connectivity index (χ0v) is 18.1. The molecule has 2 aromatic carbocycles. The largest absolute Gasteiger partial charge is 0.507 e. The summed E-state index contributed by atoms with van der Waals surface area (Å²) in [6.07, 6.45) is 1.29. The summed E-state index contributed by atoms with van der Waals surface area (Å²) in [5.74, 6) is 1.93. The summed E-state index contributed by atoms with van der Waals surface area (Å²) in [4.78, 5) is 15.2. The lowest BCUT2D eigenvalue weighted by molar-refractivity contribution is 0.0989. The van der Waals surface area contributed by atoms with E-state index in [1.807, 2.05) is 0 Å². The number of benzene rings is 2. The van der Waals surface area contributed by atoms with Gasteiger partial charge in [-0.15, -0.1) is 0 Å². The standard InChI is InChI=1S/C24H31NO5/c1-15-9-16(2)13-25(12-15)14-19-20(26)7-6-18(24(19)28)21(27)10-17-5-8-22(29-3)23(11-17)30-4/h5-8,11,15-16,26,28H,9-10,12-14H2,1-4H3. The van der Waals surface area contributed by atoms with Crippen LogP contribution in [0, 0.1) is 11.8 Å². The number of carbonyl (C=O) groups excluding carboxylic acids is 1. The minimum atomic E-state index is -0.221. The number of hydrogen-bond acceptors (Lipinski definition) is 6. The van der Waals surface area contributed by atoms with E-state index >= 15 is 0 Å². The van der Waals surface area contributed by atoms with Gasteiger partial charge in [0, 0.05) is 26.1 Å². The first kappa shape index (κ1) is 22.0. The molecule has 1 aliphatic heterocycles. The number of methoxy groups -OCH3 is 2. The average molecular weight is 414 g/mol. The first-order valence-electron chi connectivity index (χ1n) is 10.3. The fourth-order valence-corrected chi connectivity index (χ4v) is 4.42. The fourth-order valence-electron chi connectivity index (χ4n) is 4.42. The summed E-state index contributed by atoms with van der Waals surface area (Å²) in [6, 6.07) is 8.29. The van der Waals surface area contributed by atoms with Gasteiger partial charge in [0.1, 0.15) is 11.5 Å². The summed E-state index contributed by atoms with van der Waals surface area (Å²) >= 11 is 0. The molecule has 2 unspecified atom stereocenters. The van der Waals surface area contributed by atoms with E-state index in [-0.39, 0.29) is 29.3 Å². The Balaban J connectivity index is 1.81. The van der Waals surface area contributed by atoms with E-state index in [4.69, 9.17) is 9.47 Å². The molecule has 2 atom stereocenters. The Bertz CT molecular complexity index is 901. The topological polar surface area (TPSA) is 79.2 Å². The van der Waals surface area contributed by atoms with E-state index in [1.165, 1.54) is 18.6 Å². The molecule has 0 aliphatic carbocycles. The van der Waals surface area contributed by atoms with E-state index in [2.05, 4.69) is 18.7 Å². The Morgan fingerprint density at radius 1 is 1.03 bits per heavy atom. The van der Waals surface area contributed by atoms with Gasteiger partial charge in [0.15, 0.2) is 17.3 Å². The van der Waals surface area contributed by atoms with Crippen LogP contribution < -0.4 is 9.47 Å². The molecule has 6 nitrogen and oxygen atoms in total. The monoisotopic (exact) mass is 413 g/mol. The molecular weight excluding hydrogens is 382 g/mol. The first-order valence-corrected chi connectivity index (χ1v) is 10.3.